The van der Waals surface area contributed by atoms with Crippen LogP contribution in [0.4, 0.5) is 5.82 Å². The largest absolute Gasteiger partial charge is 0.481 e. The van der Waals surface area contributed by atoms with Crippen molar-refractivity contribution in [3.05, 3.63) is 48.8 Å². The van der Waals surface area contributed by atoms with E-state index in [0.29, 0.717) is 6.04 Å². The first-order valence-electron chi connectivity index (χ1n) is 8.99. The summed E-state index contributed by atoms with van der Waals surface area (Å²) in [5, 5.41) is 11.1. The topological polar surface area (TPSA) is 79.5 Å². The Balaban J connectivity index is 0.000000447. The maximum atomic E-state index is 9.00. The van der Waals surface area contributed by atoms with E-state index in [1.165, 1.54) is 32.1 Å². The third-order valence-corrected chi connectivity index (χ3v) is 4.38. The van der Waals surface area contributed by atoms with Gasteiger partial charge >= 0.3 is 0 Å². The molecule has 3 aromatic rings. The van der Waals surface area contributed by atoms with Gasteiger partial charge in [0.1, 0.15) is 17.2 Å². The predicted octanol–water partition coefficient (Wildman–Crippen LogP) is 4.23. The summed E-state index contributed by atoms with van der Waals surface area (Å²) in [4.78, 5) is 18.3. The Hall–Kier alpha value is -2.89. The number of anilines is 1. The minimum atomic E-state index is -0.833. The summed E-state index contributed by atoms with van der Waals surface area (Å²) in [7, 11) is 0. The van der Waals surface area contributed by atoms with Crippen molar-refractivity contribution in [3.63, 3.8) is 0 Å². The van der Waals surface area contributed by atoms with Gasteiger partial charge in [-0.2, -0.15) is 0 Å². The van der Waals surface area contributed by atoms with E-state index < -0.39 is 5.97 Å². The number of hydrogen-bond donors (Lipinski definition) is 2. The number of fused-ring (bicyclic) bond motifs is 1. The van der Waals surface area contributed by atoms with E-state index in [-0.39, 0.29) is 0 Å². The second kappa shape index (κ2) is 8.47. The van der Waals surface area contributed by atoms with Crippen molar-refractivity contribution < 1.29 is 9.90 Å². The predicted molar refractivity (Wildman–Crippen MR) is 102 cm³/mol. The molecule has 1 aliphatic carbocycles. The summed E-state index contributed by atoms with van der Waals surface area (Å²) in [5.74, 6) is 0.237. The molecule has 2 N–H and O–H groups in total. The van der Waals surface area contributed by atoms with Crippen molar-refractivity contribution in [2.45, 2.75) is 45.1 Å². The highest BCUT2D eigenvalue weighted by molar-refractivity contribution is 5.74. The van der Waals surface area contributed by atoms with Crippen LogP contribution in [0.3, 0.4) is 0 Å². The van der Waals surface area contributed by atoms with Gasteiger partial charge in [0.25, 0.3) is 5.97 Å². The number of nitrogens with one attached hydrogen (secondary N) is 1. The standard InChI is InChI=1S/C18H20N4.C2H4O2/c1-2-8-14(9-3-1)20-18-17(15-10-4-6-12-19-15)21-16-11-5-7-13-22(16)18;1-2(3)4/h4-7,10-14,20H,1-3,8-9H2;1H3,(H,3,4). The molecule has 6 heteroatoms. The fourth-order valence-electron chi connectivity index (χ4n) is 3.26. The second-order valence-corrected chi connectivity index (χ2v) is 6.45. The van der Waals surface area contributed by atoms with Crippen LogP contribution in [0.2, 0.25) is 0 Å². The van der Waals surface area contributed by atoms with Crippen molar-refractivity contribution in [1.29, 1.82) is 0 Å². The Morgan fingerprint density at radius 1 is 1.15 bits per heavy atom. The van der Waals surface area contributed by atoms with Gasteiger partial charge in [-0.3, -0.25) is 14.2 Å². The van der Waals surface area contributed by atoms with Gasteiger partial charge in [0.2, 0.25) is 0 Å². The summed E-state index contributed by atoms with van der Waals surface area (Å²) >= 11 is 0. The molecule has 0 saturated heterocycles. The van der Waals surface area contributed by atoms with Crippen LogP contribution in [-0.2, 0) is 4.79 Å². The highest BCUT2D eigenvalue weighted by atomic mass is 16.4. The van der Waals surface area contributed by atoms with Gasteiger partial charge in [-0.05, 0) is 37.1 Å². The molecule has 0 aliphatic heterocycles. The van der Waals surface area contributed by atoms with E-state index in [0.717, 1.165) is 29.8 Å². The van der Waals surface area contributed by atoms with Crippen molar-refractivity contribution in [3.8, 4) is 11.4 Å². The SMILES string of the molecule is CC(=O)O.c1ccc(-c2nc3ccccn3c2NC2CCCCC2)nc1. The highest BCUT2D eigenvalue weighted by Crippen LogP contribution is 2.30. The van der Waals surface area contributed by atoms with Gasteiger partial charge in [-0.1, -0.05) is 31.4 Å². The highest BCUT2D eigenvalue weighted by Gasteiger charge is 2.19. The van der Waals surface area contributed by atoms with Crippen LogP contribution in [0.15, 0.2) is 48.8 Å². The van der Waals surface area contributed by atoms with Gasteiger partial charge < -0.3 is 10.4 Å². The second-order valence-electron chi connectivity index (χ2n) is 6.45. The lowest BCUT2D eigenvalue weighted by atomic mass is 9.95. The van der Waals surface area contributed by atoms with Crippen LogP contribution in [0.25, 0.3) is 17.0 Å². The Kier molecular flexibility index (Phi) is 5.84. The molecule has 0 amide bonds. The molecule has 1 saturated carbocycles. The lowest BCUT2D eigenvalue weighted by Gasteiger charge is -2.24. The Morgan fingerprint density at radius 3 is 2.58 bits per heavy atom. The van der Waals surface area contributed by atoms with Crippen LogP contribution >= 0.6 is 0 Å². The van der Waals surface area contributed by atoms with Gasteiger partial charge in [0, 0.05) is 25.4 Å². The van der Waals surface area contributed by atoms with Crippen molar-refractivity contribution in [2.24, 2.45) is 0 Å². The third kappa shape index (κ3) is 4.39. The first-order chi connectivity index (χ1) is 12.6. The number of rotatable bonds is 3. The molecular formula is C20H24N4O2. The average Bonchev–Trinajstić information content (AvgIpc) is 3.02. The first-order valence-corrected chi connectivity index (χ1v) is 8.99. The fraction of sp³-hybridized carbons (Fsp3) is 0.350. The molecule has 26 heavy (non-hydrogen) atoms. The van der Waals surface area contributed by atoms with Gasteiger partial charge in [0.05, 0.1) is 5.69 Å². The number of carboxylic acid groups (broad SMARTS) is 1. The van der Waals surface area contributed by atoms with Crippen LogP contribution in [-0.4, -0.2) is 31.5 Å². The summed E-state index contributed by atoms with van der Waals surface area (Å²) in [6.45, 7) is 1.08. The molecule has 3 aromatic heterocycles. The van der Waals surface area contributed by atoms with Crippen molar-refractivity contribution in [2.75, 3.05) is 5.32 Å². The van der Waals surface area contributed by atoms with Crippen LogP contribution in [0.5, 0.6) is 0 Å². The molecular weight excluding hydrogens is 328 g/mol. The summed E-state index contributed by atoms with van der Waals surface area (Å²) in [6.07, 6.45) is 10.4. The molecule has 4 rings (SSSR count). The molecule has 0 spiro atoms. The van der Waals surface area contributed by atoms with E-state index in [4.69, 9.17) is 14.9 Å². The number of nitrogens with zero attached hydrogens (tertiary/aromatic N) is 3. The number of hydrogen-bond acceptors (Lipinski definition) is 4. The Bertz CT molecular complexity index is 851. The maximum Gasteiger partial charge on any atom is 0.300 e. The molecule has 0 bridgehead atoms. The van der Waals surface area contributed by atoms with Crippen LogP contribution in [0.1, 0.15) is 39.0 Å². The summed E-state index contributed by atoms with van der Waals surface area (Å²) in [5.41, 5.74) is 2.82. The maximum absolute atomic E-state index is 9.00. The van der Waals surface area contributed by atoms with Gasteiger partial charge in [0.15, 0.2) is 0 Å². The summed E-state index contributed by atoms with van der Waals surface area (Å²) < 4.78 is 2.14. The minimum Gasteiger partial charge on any atom is -0.481 e. The number of carboxylic acids is 1. The Labute approximate surface area is 152 Å². The first kappa shape index (κ1) is 17.9. The molecule has 0 unspecified atom stereocenters. The monoisotopic (exact) mass is 352 g/mol. The molecule has 0 atom stereocenters. The number of pyridine rings is 2. The quantitative estimate of drug-likeness (QED) is 0.737. The number of aliphatic carboxylic acids is 1. The lowest BCUT2D eigenvalue weighted by Crippen LogP contribution is -2.23. The molecule has 3 heterocycles. The van der Waals surface area contributed by atoms with E-state index in [1.54, 1.807) is 0 Å². The fourth-order valence-corrected chi connectivity index (χ4v) is 3.26. The molecule has 6 nitrogen and oxygen atoms in total. The van der Waals surface area contributed by atoms with E-state index >= 15 is 0 Å². The normalized spacial score (nSPS) is 14.5. The number of carbonyl (C=O) groups is 1. The molecule has 1 aliphatic rings. The average molecular weight is 352 g/mol. The smallest absolute Gasteiger partial charge is 0.300 e. The van der Waals surface area contributed by atoms with E-state index in [9.17, 15) is 0 Å². The van der Waals surface area contributed by atoms with Crippen molar-refractivity contribution in [1.82, 2.24) is 14.4 Å². The molecule has 0 radical (unpaired) electrons. The zero-order chi connectivity index (χ0) is 18.4. The Morgan fingerprint density at radius 2 is 1.88 bits per heavy atom. The van der Waals surface area contributed by atoms with Crippen molar-refractivity contribution >= 4 is 17.4 Å². The van der Waals surface area contributed by atoms with E-state index in [1.807, 2.05) is 42.6 Å². The van der Waals surface area contributed by atoms with Gasteiger partial charge in [-0.25, -0.2) is 4.98 Å². The van der Waals surface area contributed by atoms with Gasteiger partial charge in [-0.15, -0.1) is 0 Å². The minimum absolute atomic E-state index is 0.538. The third-order valence-electron chi connectivity index (χ3n) is 4.38. The lowest BCUT2D eigenvalue weighted by molar-refractivity contribution is -0.134. The number of imidazole rings is 1. The van der Waals surface area contributed by atoms with Crippen LogP contribution < -0.4 is 5.32 Å². The molecule has 1 fully saturated rings. The molecule has 136 valence electrons. The zero-order valence-electron chi connectivity index (χ0n) is 14.9. The zero-order valence-corrected chi connectivity index (χ0v) is 14.9. The molecule has 0 aromatic carbocycles. The van der Waals surface area contributed by atoms with Crippen LogP contribution in [0, 0.1) is 0 Å². The van der Waals surface area contributed by atoms with E-state index in [2.05, 4.69) is 20.9 Å². The number of aromatic nitrogens is 3. The summed E-state index contributed by atoms with van der Waals surface area (Å²) in [6, 6.07) is 12.6.